The molecule has 0 aliphatic carbocycles. The van der Waals surface area contributed by atoms with Gasteiger partial charge in [-0.1, -0.05) is 30.3 Å². The van der Waals surface area contributed by atoms with E-state index in [1.165, 1.54) is 27.9 Å². The fourth-order valence-electron chi connectivity index (χ4n) is 2.99. The molecule has 3 aromatic rings. The minimum absolute atomic E-state index is 0.418. The number of para-hydroxylation sites is 1. The number of nitrogens with zero attached hydrogens (tertiary/aromatic N) is 1. The Morgan fingerprint density at radius 3 is 2.74 bits per heavy atom. The van der Waals surface area contributed by atoms with Gasteiger partial charge in [-0.25, -0.2) is 8.42 Å². The zero-order chi connectivity index (χ0) is 15.9. The van der Waals surface area contributed by atoms with Gasteiger partial charge in [0.1, 0.15) is 4.21 Å². The second-order valence-corrected chi connectivity index (χ2v) is 8.63. The average molecular weight is 344 g/mol. The lowest BCUT2D eigenvalue weighted by Crippen LogP contribution is -2.34. The summed E-state index contributed by atoms with van der Waals surface area (Å²) < 4.78 is 27.1. The van der Waals surface area contributed by atoms with E-state index >= 15 is 0 Å². The molecule has 4 nitrogen and oxygen atoms in total. The molecule has 6 heteroatoms. The van der Waals surface area contributed by atoms with Crippen molar-refractivity contribution in [3.8, 4) is 0 Å². The van der Waals surface area contributed by atoms with Crippen LogP contribution in [0.25, 0.3) is 16.5 Å². The lowest BCUT2D eigenvalue weighted by molar-refractivity contribution is 0.443. The zero-order valence-corrected chi connectivity index (χ0v) is 14.0. The molecule has 0 saturated heterocycles. The second kappa shape index (κ2) is 5.63. The van der Waals surface area contributed by atoms with E-state index in [1.54, 1.807) is 21.8 Å². The molecule has 0 bridgehead atoms. The summed E-state index contributed by atoms with van der Waals surface area (Å²) >= 11 is 1.27. The minimum atomic E-state index is -3.35. The van der Waals surface area contributed by atoms with Crippen LogP contribution < -0.4 is 0 Å². The lowest BCUT2D eigenvalue weighted by atomic mass is 10.00. The van der Waals surface area contributed by atoms with E-state index in [0.717, 1.165) is 11.9 Å². The highest BCUT2D eigenvalue weighted by Crippen LogP contribution is 2.31. The molecular weight excluding hydrogens is 328 g/mol. The van der Waals surface area contributed by atoms with Crippen LogP contribution in [0.15, 0.2) is 58.3 Å². The monoisotopic (exact) mass is 344 g/mol. The van der Waals surface area contributed by atoms with Crippen LogP contribution in [0.5, 0.6) is 0 Å². The van der Waals surface area contributed by atoms with E-state index in [1.807, 2.05) is 24.4 Å². The average Bonchev–Trinajstić information content (AvgIpc) is 3.25. The summed E-state index contributed by atoms with van der Waals surface area (Å²) in [6.07, 6.45) is 4.77. The van der Waals surface area contributed by atoms with Crippen molar-refractivity contribution in [2.24, 2.45) is 0 Å². The Morgan fingerprint density at radius 2 is 2.00 bits per heavy atom. The molecule has 0 amide bonds. The van der Waals surface area contributed by atoms with Crippen LogP contribution in [-0.2, 0) is 10.0 Å². The third-order valence-electron chi connectivity index (χ3n) is 4.20. The number of sulfonamides is 1. The van der Waals surface area contributed by atoms with E-state index in [4.69, 9.17) is 0 Å². The Hall–Kier alpha value is -1.89. The lowest BCUT2D eigenvalue weighted by Gasteiger charge is -2.25. The predicted octanol–water partition coefficient (Wildman–Crippen LogP) is 3.71. The Morgan fingerprint density at radius 1 is 1.13 bits per heavy atom. The topological polar surface area (TPSA) is 53.2 Å². The van der Waals surface area contributed by atoms with Crippen molar-refractivity contribution in [2.45, 2.75) is 10.6 Å². The van der Waals surface area contributed by atoms with Gasteiger partial charge in [0.25, 0.3) is 10.0 Å². The molecule has 1 N–H and O–H groups in total. The molecular formula is C17H16N2O2S2. The summed E-state index contributed by atoms with van der Waals surface area (Å²) in [5, 5.41) is 2.98. The van der Waals surface area contributed by atoms with Crippen LogP contribution >= 0.6 is 11.3 Å². The Kier molecular flexibility index (Phi) is 3.60. The van der Waals surface area contributed by atoms with Crippen molar-refractivity contribution in [1.29, 1.82) is 0 Å². The third-order valence-corrected chi connectivity index (χ3v) is 7.43. The highest BCUT2D eigenvalue weighted by atomic mass is 32.2. The molecule has 0 unspecified atom stereocenters. The highest BCUT2D eigenvalue weighted by molar-refractivity contribution is 7.91. The van der Waals surface area contributed by atoms with E-state index in [9.17, 15) is 8.42 Å². The van der Waals surface area contributed by atoms with Gasteiger partial charge in [-0.2, -0.15) is 4.31 Å². The molecule has 1 aliphatic rings. The van der Waals surface area contributed by atoms with Crippen molar-refractivity contribution in [3.05, 3.63) is 59.6 Å². The van der Waals surface area contributed by atoms with Crippen molar-refractivity contribution in [2.75, 3.05) is 13.1 Å². The van der Waals surface area contributed by atoms with Crippen LogP contribution in [0, 0.1) is 0 Å². The Labute approximate surface area is 139 Å². The number of aromatic amines is 1. The van der Waals surface area contributed by atoms with Gasteiger partial charge in [-0.15, -0.1) is 11.3 Å². The molecule has 4 rings (SSSR count). The number of hydrogen-bond acceptors (Lipinski definition) is 3. The van der Waals surface area contributed by atoms with Gasteiger partial charge in [0.15, 0.2) is 0 Å². The second-order valence-electron chi connectivity index (χ2n) is 5.52. The summed E-state index contributed by atoms with van der Waals surface area (Å²) in [6, 6.07) is 11.6. The molecule has 2 aromatic heterocycles. The van der Waals surface area contributed by atoms with Crippen molar-refractivity contribution in [1.82, 2.24) is 9.29 Å². The summed E-state index contributed by atoms with van der Waals surface area (Å²) in [5.41, 5.74) is 3.49. The quantitative estimate of drug-likeness (QED) is 0.787. The first-order chi connectivity index (χ1) is 11.2. The van der Waals surface area contributed by atoms with Gasteiger partial charge < -0.3 is 4.98 Å². The number of benzene rings is 1. The number of fused-ring (bicyclic) bond motifs is 1. The number of H-pyrrole nitrogens is 1. The van der Waals surface area contributed by atoms with Crippen LogP contribution in [-0.4, -0.2) is 30.8 Å². The molecule has 1 aliphatic heterocycles. The standard InChI is InChI=1S/C17H16N2O2S2/c20-23(21,17-6-3-11-22-17)19-9-7-13(8-10-19)15-12-18-16-5-2-1-4-14(15)16/h1-7,11-12,18H,8-10H2. The normalized spacial score (nSPS) is 16.6. The van der Waals surface area contributed by atoms with E-state index in [2.05, 4.69) is 17.1 Å². The van der Waals surface area contributed by atoms with Gasteiger partial charge in [0, 0.05) is 35.8 Å². The molecule has 0 fully saturated rings. The molecule has 118 valence electrons. The maximum atomic E-state index is 12.6. The number of thiophene rings is 1. The summed E-state index contributed by atoms with van der Waals surface area (Å²) in [4.78, 5) is 3.28. The third kappa shape index (κ3) is 2.52. The SMILES string of the molecule is O=S(=O)(c1cccs1)N1CC=C(c2c[nH]c3ccccc23)CC1. The van der Waals surface area contributed by atoms with E-state index in [-0.39, 0.29) is 0 Å². The van der Waals surface area contributed by atoms with E-state index in [0.29, 0.717) is 17.3 Å². The van der Waals surface area contributed by atoms with Crippen molar-refractivity contribution >= 4 is 37.8 Å². The highest BCUT2D eigenvalue weighted by Gasteiger charge is 2.27. The number of rotatable bonds is 3. The fraction of sp³-hybridized carbons (Fsp3) is 0.176. The molecule has 0 saturated carbocycles. The Bertz CT molecular complexity index is 969. The van der Waals surface area contributed by atoms with Crippen LogP contribution in [0.1, 0.15) is 12.0 Å². The van der Waals surface area contributed by atoms with E-state index < -0.39 is 10.0 Å². The number of aromatic nitrogens is 1. The molecule has 3 heterocycles. The minimum Gasteiger partial charge on any atom is -0.361 e. The largest absolute Gasteiger partial charge is 0.361 e. The van der Waals surface area contributed by atoms with Gasteiger partial charge in [-0.3, -0.25) is 0 Å². The van der Waals surface area contributed by atoms with Gasteiger partial charge in [0.2, 0.25) is 0 Å². The predicted molar refractivity (Wildman–Crippen MR) is 94.0 cm³/mol. The van der Waals surface area contributed by atoms with Crippen molar-refractivity contribution in [3.63, 3.8) is 0 Å². The Balaban J connectivity index is 1.63. The maximum Gasteiger partial charge on any atom is 0.252 e. The fourth-order valence-corrected chi connectivity index (χ4v) is 5.51. The first-order valence-corrected chi connectivity index (χ1v) is 9.77. The molecule has 1 aromatic carbocycles. The van der Waals surface area contributed by atoms with Crippen LogP contribution in [0.3, 0.4) is 0 Å². The molecule has 0 atom stereocenters. The summed E-state index contributed by atoms with van der Waals surface area (Å²) in [5.74, 6) is 0. The van der Waals surface area contributed by atoms with Gasteiger partial charge >= 0.3 is 0 Å². The molecule has 23 heavy (non-hydrogen) atoms. The summed E-state index contributed by atoms with van der Waals surface area (Å²) in [6.45, 7) is 0.945. The van der Waals surface area contributed by atoms with Crippen LogP contribution in [0.4, 0.5) is 0 Å². The number of hydrogen-bond donors (Lipinski definition) is 1. The van der Waals surface area contributed by atoms with Gasteiger partial charge in [0.05, 0.1) is 0 Å². The molecule has 0 spiro atoms. The first-order valence-electron chi connectivity index (χ1n) is 7.45. The summed E-state index contributed by atoms with van der Waals surface area (Å²) in [7, 11) is -3.35. The van der Waals surface area contributed by atoms with Gasteiger partial charge in [-0.05, 0) is 29.5 Å². The smallest absolute Gasteiger partial charge is 0.252 e. The van der Waals surface area contributed by atoms with Crippen molar-refractivity contribution < 1.29 is 8.42 Å². The first kappa shape index (κ1) is 14.7. The maximum absolute atomic E-state index is 12.6. The number of nitrogens with one attached hydrogen (secondary N) is 1. The van der Waals surface area contributed by atoms with Crippen LogP contribution in [0.2, 0.25) is 0 Å². The zero-order valence-electron chi connectivity index (χ0n) is 12.4. The molecule has 0 radical (unpaired) electrons.